The van der Waals surface area contributed by atoms with Gasteiger partial charge in [-0.15, -0.1) is 0 Å². The van der Waals surface area contributed by atoms with Crippen LogP contribution in [0.15, 0.2) is 24.4 Å². The number of alkyl carbamates (subject to hydrolysis) is 1. The number of nitrogens with zero attached hydrogens (tertiary/aromatic N) is 5. The zero-order valence-corrected chi connectivity index (χ0v) is 33.6. The molecule has 0 bridgehead atoms. The number of anilines is 4. The monoisotopic (exact) mass is 776 g/mol. The van der Waals surface area contributed by atoms with Crippen molar-refractivity contribution in [3.63, 3.8) is 0 Å². The Hall–Kier alpha value is -4.66. The van der Waals surface area contributed by atoms with E-state index in [0.29, 0.717) is 41.6 Å². The Morgan fingerprint density at radius 1 is 1.02 bits per heavy atom. The number of fused-ring (bicyclic) bond motifs is 1. The van der Waals surface area contributed by atoms with E-state index in [4.69, 9.17) is 14.5 Å². The minimum Gasteiger partial charge on any atom is -0.495 e. The van der Waals surface area contributed by atoms with E-state index in [1.54, 1.807) is 43.5 Å². The van der Waals surface area contributed by atoms with E-state index < -0.39 is 18.1 Å². The highest BCUT2D eigenvalue weighted by molar-refractivity contribution is 6.04. The van der Waals surface area contributed by atoms with Crippen molar-refractivity contribution in [3.05, 3.63) is 30.0 Å². The Kier molecular flexibility index (Phi) is 13.6. The number of carbonyl (C=O) groups is 4. The first-order valence-electron chi connectivity index (χ1n) is 20.6. The average Bonchev–Trinajstić information content (AvgIpc) is 3.92. The number of aliphatic carboxylic acids is 1. The molecule has 15 nitrogen and oxygen atoms in total. The molecule has 2 saturated carbocycles. The van der Waals surface area contributed by atoms with Gasteiger partial charge in [0.15, 0.2) is 5.82 Å². The van der Waals surface area contributed by atoms with Crippen LogP contribution in [0.1, 0.15) is 102 Å². The summed E-state index contributed by atoms with van der Waals surface area (Å²) in [5.41, 5.74) is 1.77. The lowest BCUT2D eigenvalue weighted by Crippen LogP contribution is -2.55. The van der Waals surface area contributed by atoms with Crippen LogP contribution in [-0.4, -0.2) is 108 Å². The minimum absolute atomic E-state index is 0.0182. The normalized spacial score (nSPS) is 20.8. The van der Waals surface area contributed by atoms with Crippen LogP contribution in [0.3, 0.4) is 0 Å². The number of amides is 3. The molecule has 6 rings (SSSR count). The van der Waals surface area contributed by atoms with Gasteiger partial charge in [-0.25, -0.2) is 14.6 Å². The van der Waals surface area contributed by atoms with Crippen molar-refractivity contribution in [2.24, 2.45) is 17.8 Å². The number of hydrogen-bond acceptors (Lipinski definition) is 11. The van der Waals surface area contributed by atoms with Crippen LogP contribution in [-0.2, 0) is 14.3 Å². The maximum absolute atomic E-state index is 13.4. The number of aromatic nitrogens is 2. The van der Waals surface area contributed by atoms with Gasteiger partial charge in [-0.1, -0.05) is 59.3 Å². The largest absolute Gasteiger partial charge is 0.495 e. The zero-order valence-electron chi connectivity index (χ0n) is 33.6. The molecule has 2 aromatic rings. The smallest absolute Gasteiger partial charge is 0.407 e. The summed E-state index contributed by atoms with van der Waals surface area (Å²) in [6.07, 6.45) is 11.7. The molecular formula is C41H60N8O7. The first kappa shape index (κ1) is 41.0. The van der Waals surface area contributed by atoms with E-state index in [1.807, 2.05) is 20.8 Å². The molecule has 2 aliphatic heterocycles. The molecule has 1 aromatic heterocycles. The van der Waals surface area contributed by atoms with E-state index in [1.165, 1.54) is 0 Å². The number of ether oxygens (including phenoxy) is 2. The van der Waals surface area contributed by atoms with Crippen LogP contribution in [0, 0.1) is 17.8 Å². The van der Waals surface area contributed by atoms with Gasteiger partial charge in [0.05, 0.1) is 19.0 Å². The lowest BCUT2D eigenvalue weighted by atomic mass is 9.77. The van der Waals surface area contributed by atoms with Crippen molar-refractivity contribution in [1.82, 2.24) is 25.5 Å². The number of hydrogen-bond donors (Lipinski definition) is 4. The van der Waals surface area contributed by atoms with E-state index in [-0.39, 0.29) is 54.3 Å². The summed E-state index contributed by atoms with van der Waals surface area (Å²) in [6, 6.07) is 4.22. The Morgan fingerprint density at radius 2 is 1.71 bits per heavy atom. The number of likely N-dealkylation sites (tertiary alicyclic amines) is 1. The summed E-state index contributed by atoms with van der Waals surface area (Å²) in [5.74, 6) is 0.712. The highest BCUT2D eigenvalue weighted by atomic mass is 16.5. The highest BCUT2D eigenvalue weighted by Gasteiger charge is 2.42. The van der Waals surface area contributed by atoms with Gasteiger partial charge in [-0.2, -0.15) is 4.98 Å². The molecule has 56 heavy (non-hydrogen) atoms. The Bertz CT molecular complexity index is 1700. The van der Waals surface area contributed by atoms with Crippen LogP contribution < -0.4 is 30.5 Å². The maximum atomic E-state index is 13.4. The topological polar surface area (TPSA) is 179 Å². The van der Waals surface area contributed by atoms with Crippen LogP contribution in [0.2, 0.25) is 0 Å². The van der Waals surface area contributed by atoms with E-state index >= 15 is 0 Å². The number of likely N-dealkylation sites (N-methyl/N-ethyl adjacent to an activating group) is 1. The molecule has 306 valence electrons. The number of carbonyl (C=O) groups excluding carboxylic acids is 3. The van der Waals surface area contributed by atoms with Gasteiger partial charge >= 0.3 is 12.1 Å². The SMILES string of the molecule is CC[C@H]1C(=O)N(C)c2cnc(Nc3ccc(C(=O)NC4CCN(CCOC(=O)N[C@@H](C(=O)O)C(C(C)C)C5CCCC5)CC4)cc3OC)nc2N1C1CCCC1. The summed E-state index contributed by atoms with van der Waals surface area (Å²) in [5, 5.41) is 19.0. The Morgan fingerprint density at radius 3 is 2.36 bits per heavy atom. The molecule has 1 saturated heterocycles. The van der Waals surface area contributed by atoms with Crippen molar-refractivity contribution in [1.29, 1.82) is 0 Å². The second kappa shape index (κ2) is 18.5. The molecule has 3 atom stereocenters. The Labute approximate surface area is 330 Å². The third kappa shape index (κ3) is 9.30. The van der Waals surface area contributed by atoms with Gasteiger partial charge in [-0.05, 0) is 68.1 Å². The third-order valence-electron chi connectivity index (χ3n) is 12.3. The number of benzene rings is 1. The molecule has 15 heteroatoms. The van der Waals surface area contributed by atoms with Crippen LogP contribution in [0.5, 0.6) is 5.75 Å². The van der Waals surface area contributed by atoms with Gasteiger partial charge in [0, 0.05) is 44.3 Å². The highest BCUT2D eigenvalue weighted by Crippen LogP contribution is 2.41. The van der Waals surface area contributed by atoms with Gasteiger partial charge in [0.1, 0.15) is 30.1 Å². The fourth-order valence-electron chi connectivity index (χ4n) is 9.37. The standard InChI is InChI=1S/C41H60N8O7/c1-6-31-38(51)47(4)32-24-42-40(46-36(32)49(31)29-13-9-10-14-29)44-30-16-15-27(23-33(30)55-5)37(50)43-28-17-19-48(20-18-28)21-22-56-41(54)45-35(39(52)53)34(25(2)3)26-11-7-8-12-26/h15-16,23-26,28-29,31,34-35H,6-14,17-22H2,1-5H3,(H,43,50)(H,45,54)(H,52,53)(H,42,44,46)/t31-,34?,35+/m0/s1. The fourth-order valence-corrected chi connectivity index (χ4v) is 9.37. The van der Waals surface area contributed by atoms with Crippen molar-refractivity contribution >= 4 is 47.0 Å². The van der Waals surface area contributed by atoms with Gasteiger partial charge in [-0.3, -0.25) is 14.5 Å². The number of nitrogens with one attached hydrogen (secondary N) is 3. The second-order valence-corrected chi connectivity index (χ2v) is 16.2. The molecule has 0 radical (unpaired) electrons. The Balaban J connectivity index is 0.990. The predicted molar refractivity (Wildman–Crippen MR) is 214 cm³/mol. The molecule has 2 aliphatic carbocycles. The number of carboxylic acids is 1. The molecule has 0 spiro atoms. The maximum Gasteiger partial charge on any atom is 0.407 e. The zero-order chi connectivity index (χ0) is 39.9. The summed E-state index contributed by atoms with van der Waals surface area (Å²) >= 11 is 0. The summed E-state index contributed by atoms with van der Waals surface area (Å²) in [4.78, 5) is 67.0. The summed E-state index contributed by atoms with van der Waals surface area (Å²) < 4.78 is 11.1. The minimum atomic E-state index is -1.02. The molecule has 4 aliphatic rings. The molecule has 3 amide bonds. The number of piperidine rings is 1. The van der Waals surface area contributed by atoms with Crippen molar-refractivity contribution < 1.29 is 33.8 Å². The van der Waals surface area contributed by atoms with Crippen molar-refractivity contribution in [2.75, 3.05) is 55.5 Å². The first-order valence-corrected chi connectivity index (χ1v) is 20.6. The number of rotatable bonds is 15. The van der Waals surface area contributed by atoms with E-state index in [9.17, 15) is 24.3 Å². The average molecular weight is 777 g/mol. The van der Waals surface area contributed by atoms with Gasteiger partial charge in [0.25, 0.3) is 5.91 Å². The van der Waals surface area contributed by atoms with Gasteiger partial charge < -0.3 is 40.3 Å². The molecule has 1 aromatic carbocycles. The first-order chi connectivity index (χ1) is 27.0. The van der Waals surface area contributed by atoms with Crippen LogP contribution in [0.25, 0.3) is 0 Å². The number of methoxy groups -OCH3 is 1. The number of carboxylic acid groups (broad SMARTS) is 1. The molecule has 1 unspecified atom stereocenters. The molecule has 3 fully saturated rings. The molecular weight excluding hydrogens is 716 g/mol. The lowest BCUT2D eigenvalue weighted by Gasteiger charge is -2.43. The second-order valence-electron chi connectivity index (χ2n) is 16.2. The third-order valence-corrected chi connectivity index (χ3v) is 12.3. The fraction of sp³-hybridized carbons (Fsp3) is 0.659. The van der Waals surface area contributed by atoms with Gasteiger partial charge in [0.2, 0.25) is 11.9 Å². The van der Waals surface area contributed by atoms with E-state index in [0.717, 1.165) is 83.1 Å². The predicted octanol–water partition coefficient (Wildman–Crippen LogP) is 5.57. The van der Waals surface area contributed by atoms with Crippen LogP contribution >= 0.6 is 0 Å². The summed E-state index contributed by atoms with van der Waals surface area (Å²) in [7, 11) is 3.33. The van der Waals surface area contributed by atoms with Crippen molar-refractivity contribution in [2.45, 2.75) is 116 Å². The van der Waals surface area contributed by atoms with Crippen molar-refractivity contribution in [3.8, 4) is 5.75 Å². The quantitative estimate of drug-likeness (QED) is 0.177. The van der Waals surface area contributed by atoms with Crippen LogP contribution in [0.4, 0.5) is 27.9 Å². The summed E-state index contributed by atoms with van der Waals surface area (Å²) in [6.45, 7) is 8.19. The lowest BCUT2D eigenvalue weighted by molar-refractivity contribution is -0.142. The molecule has 4 N–H and O–H groups in total. The molecule has 3 heterocycles. The van der Waals surface area contributed by atoms with E-state index in [2.05, 4.69) is 30.7 Å².